The molecule has 2 N–H and O–H groups in total. The van der Waals surface area contributed by atoms with Gasteiger partial charge >= 0.3 is 5.97 Å². The molecule has 0 amide bonds. The first-order chi connectivity index (χ1) is 9.99. The fourth-order valence-electron chi connectivity index (χ4n) is 1.68. The van der Waals surface area contributed by atoms with E-state index >= 15 is 0 Å². The lowest BCUT2D eigenvalue weighted by molar-refractivity contribution is 0.0698. The molecule has 4 nitrogen and oxygen atoms in total. The van der Waals surface area contributed by atoms with Gasteiger partial charge in [-0.05, 0) is 42.3 Å². The maximum atomic E-state index is 11.1. The predicted octanol–water partition coefficient (Wildman–Crippen LogP) is 4.66. The third kappa shape index (κ3) is 3.92. The largest absolute Gasteiger partial charge is 0.478 e. The molecule has 2 aromatic carbocycles. The van der Waals surface area contributed by atoms with Gasteiger partial charge in [-0.25, -0.2) is 4.79 Å². The molecule has 0 aliphatic rings. The molecule has 0 saturated carbocycles. The van der Waals surface area contributed by atoms with Crippen LogP contribution in [0.3, 0.4) is 0 Å². The highest BCUT2D eigenvalue weighted by molar-refractivity contribution is 9.11. The lowest BCUT2D eigenvalue weighted by atomic mass is 10.2. The Morgan fingerprint density at radius 3 is 2.48 bits per heavy atom. The molecule has 0 saturated heterocycles. The van der Waals surface area contributed by atoms with Crippen molar-refractivity contribution in [2.75, 3.05) is 5.43 Å². The molecule has 0 fully saturated rings. The van der Waals surface area contributed by atoms with Gasteiger partial charge in [-0.15, -0.1) is 0 Å². The quantitative estimate of drug-likeness (QED) is 0.567. The fraction of sp³-hybridized carbons (Fsp3) is 0.0667. The molecule has 0 bridgehead atoms. The zero-order valence-electron chi connectivity index (χ0n) is 11.1. The second-order valence-electron chi connectivity index (χ2n) is 4.33. The van der Waals surface area contributed by atoms with E-state index in [2.05, 4.69) is 42.4 Å². The summed E-state index contributed by atoms with van der Waals surface area (Å²) in [5.41, 5.74) is 5.38. The van der Waals surface area contributed by atoms with Gasteiger partial charge in [-0.1, -0.05) is 44.0 Å². The van der Waals surface area contributed by atoms with E-state index in [1.807, 2.05) is 19.1 Å². The first-order valence-corrected chi connectivity index (χ1v) is 7.64. The van der Waals surface area contributed by atoms with Crippen molar-refractivity contribution in [3.63, 3.8) is 0 Å². The number of carbonyl (C=O) groups is 1. The number of carboxylic acid groups (broad SMARTS) is 1. The average Bonchev–Trinajstić information content (AvgIpc) is 2.45. The summed E-state index contributed by atoms with van der Waals surface area (Å²) < 4.78 is 1.95. The van der Waals surface area contributed by atoms with E-state index in [9.17, 15) is 4.79 Å². The van der Waals surface area contributed by atoms with Crippen molar-refractivity contribution < 1.29 is 9.90 Å². The van der Waals surface area contributed by atoms with E-state index in [0.29, 0.717) is 5.69 Å². The molecule has 0 radical (unpaired) electrons. The Morgan fingerprint density at radius 1 is 1.24 bits per heavy atom. The highest BCUT2D eigenvalue weighted by atomic mass is 79.9. The molecule has 6 heteroatoms. The van der Waals surface area contributed by atoms with Crippen LogP contribution in [0.5, 0.6) is 0 Å². The number of para-hydroxylation sites is 1. The third-order valence-electron chi connectivity index (χ3n) is 2.86. The molecule has 0 aliphatic heterocycles. The fourth-order valence-corrected chi connectivity index (χ4v) is 2.90. The van der Waals surface area contributed by atoms with Crippen LogP contribution in [-0.2, 0) is 0 Å². The molecular formula is C15H12Br2N2O2. The molecule has 0 heterocycles. The Morgan fingerprint density at radius 2 is 1.86 bits per heavy atom. The van der Waals surface area contributed by atoms with Crippen molar-refractivity contribution in [2.45, 2.75) is 6.92 Å². The average molecular weight is 412 g/mol. The first kappa shape index (κ1) is 15.7. The Hall–Kier alpha value is -1.66. The third-order valence-corrected chi connectivity index (χ3v) is 4.51. The minimum atomic E-state index is -0.992. The normalized spacial score (nSPS) is 10.8. The lowest BCUT2D eigenvalue weighted by Gasteiger charge is -2.05. The maximum Gasteiger partial charge on any atom is 0.337 e. The highest BCUT2D eigenvalue weighted by Crippen LogP contribution is 2.25. The van der Waals surface area contributed by atoms with Crippen molar-refractivity contribution in [3.8, 4) is 0 Å². The van der Waals surface area contributed by atoms with E-state index in [-0.39, 0.29) is 5.56 Å². The molecule has 0 aromatic heterocycles. The van der Waals surface area contributed by atoms with Crippen molar-refractivity contribution >= 4 is 49.7 Å². The lowest BCUT2D eigenvalue weighted by Crippen LogP contribution is -2.02. The van der Waals surface area contributed by atoms with Crippen LogP contribution in [0.1, 0.15) is 21.5 Å². The summed E-state index contributed by atoms with van der Waals surface area (Å²) in [5, 5.41) is 13.2. The summed E-state index contributed by atoms with van der Waals surface area (Å²) in [6, 6.07) is 10.5. The zero-order chi connectivity index (χ0) is 15.4. The highest BCUT2D eigenvalue weighted by Gasteiger charge is 2.07. The van der Waals surface area contributed by atoms with Crippen LogP contribution >= 0.6 is 31.9 Å². The first-order valence-electron chi connectivity index (χ1n) is 6.06. The van der Waals surface area contributed by atoms with Gasteiger partial charge in [0.2, 0.25) is 0 Å². The topological polar surface area (TPSA) is 61.7 Å². The van der Waals surface area contributed by atoms with Crippen LogP contribution in [-0.4, -0.2) is 17.3 Å². The second-order valence-corrected chi connectivity index (χ2v) is 6.04. The summed E-state index contributed by atoms with van der Waals surface area (Å²) in [5.74, 6) is -0.992. The molecular weight excluding hydrogens is 400 g/mol. The minimum Gasteiger partial charge on any atom is -0.478 e. The molecule has 0 aliphatic carbocycles. The van der Waals surface area contributed by atoms with Crippen molar-refractivity contribution in [2.24, 2.45) is 5.10 Å². The minimum absolute atomic E-state index is 0.181. The Balaban J connectivity index is 2.19. The van der Waals surface area contributed by atoms with Gasteiger partial charge in [0.25, 0.3) is 0 Å². The molecule has 0 atom stereocenters. The summed E-state index contributed by atoms with van der Waals surface area (Å²) >= 11 is 6.95. The van der Waals surface area contributed by atoms with Crippen LogP contribution in [0.2, 0.25) is 0 Å². The van der Waals surface area contributed by atoms with Gasteiger partial charge < -0.3 is 5.11 Å². The van der Waals surface area contributed by atoms with E-state index in [0.717, 1.165) is 20.1 Å². The van der Waals surface area contributed by atoms with Crippen molar-refractivity contribution in [1.82, 2.24) is 0 Å². The van der Waals surface area contributed by atoms with Gasteiger partial charge in [0, 0.05) is 8.95 Å². The molecule has 2 aromatic rings. The number of hydrazone groups is 1. The van der Waals surface area contributed by atoms with E-state index < -0.39 is 5.97 Å². The summed E-state index contributed by atoms with van der Waals surface area (Å²) in [6.45, 7) is 2.00. The monoisotopic (exact) mass is 410 g/mol. The van der Waals surface area contributed by atoms with Crippen LogP contribution in [0.15, 0.2) is 50.4 Å². The van der Waals surface area contributed by atoms with Gasteiger partial charge in [0.15, 0.2) is 0 Å². The number of rotatable bonds is 4. The van der Waals surface area contributed by atoms with Crippen molar-refractivity contribution in [3.05, 3.63) is 62.0 Å². The molecule has 2 rings (SSSR count). The number of aromatic carboxylic acids is 1. The number of anilines is 1. The number of carboxylic acids is 1. The summed E-state index contributed by atoms with van der Waals surface area (Å²) in [7, 11) is 0. The maximum absolute atomic E-state index is 11.1. The SMILES string of the molecule is Cc1c(Br)cc(/C=N\Nc2ccccc2C(=O)O)cc1Br. The number of hydrogen-bond donors (Lipinski definition) is 2. The summed E-state index contributed by atoms with van der Waals surface area (Å²) in [6.07, 6.45) is 1.63. The Kier molecular flexibility index (Phi) is 5.14. The van der Waals surface area contributed by atoms with Gasteiger partial charge in [0.1, 0.15) is 0 Å². The van der Waals surface area contributed by atoms with Crippen LogP contribution in [0.4, 0.5) is 5.69 Å². The smallest absolute Gasteiger partial charge is 0.337 e. The number of hydrogen-bond acceptors (Lipinski definition) is 3. The summed E-state index contributed by atoms with van der Waals surface area (Å²) in [4.78, 5) is 11.1. The Labute approximate surface area is 139 Å². The number of nitrogens with one attached hydrogen (secondary N) is 1. The van der Waals surface area contributed by atoms with Gasteiger partial charge in [0.05, 0.1) is 17.5 Å². The number of halogens is 2. The zero-order valence-corrected chi connectivity index (χ0v) is 14.3. The molecule has 108 valence electrons. The molecule has 0 spiro atoms. The van der Waals surface area contributed by atoms with Gasteiger partial charge in [-0.2, -0.15) is 5.10 Å². The van der Waals surface area contributed by atoms with Crippen molar-refractivity contribution in [1.29, 1.82) is 0 Å². The number of nitrogens with zero attached hydrogens (tertiary/aromatic N) is 1. The van der Waals surface area contributed by atoms with E-state index in [4.69, 9.17) is 5.11 Å². The van der Waals surface area contributed by atoms with E-state index in [1.165, 1.54) is 6.07 Å². The standard InChI is InChI=1S/C15H12Br2N2O2/c1-9-12(16)6-10(7-13(9)17)8-18-19-14-5-3-2-4-11(14)15(20)21/h2-8,19H,1H3,(H,20,21)/b18-8-. The molecule has 21 heavy (non-hydrogen) atoms. The molecule has 0 unspecified atom stereocenters. The second kappa shape index (κ2) is 6.87. The number of benzene rings is 2. The van der Waals surface area contributed by atoms with Crippen LogP contribution < -0.4 is 5.43 Å². The van der Waals surface area contributed by atoms with E-state index in [1.54, 1.807) is 24.4 Å². The van der Waals surface area contributed by atoms with Crippen LogP contribution in [0, 0.1) is 6.92 Å². The predicted molar refractivity (Wildman–Crippen MR) is 91.2 cm³/mol. The Bertz CT molecular complexity index is 692. The van der Waals surface area contributed by atoms with Gasteiger partial charge in [-0.3, -0.25) is 5.43 Å². The van der Waals surface area contributed by atoms with Crippen LogP contribution in [0.25, 0.3) is 0 Å².